The number of nitrogens with one attached hydrogen (secondary N) is 1. The maximum absolute atomic E-state index is 11.2. The number of nitro benzene ring substituents is 1. The van der Waals surface area contributed by atoms with Gasteiger partial charge in [0.15, 0.2) is 0 Å². The van der Waals surface area contributed by atoms with Gasteiger partial charge >= 0.3 is 0 Å². The third kappa shape index (κ3) is 3.79. The van der Waals surface area contributed by atoms with E-state index in [1.165, 1.54) is 6.07 Å². The Balaban J connectivity index is 1.74. The maximum atomic E-state index is 11.2. The van der Waals surface area contributed by atoms with Gasteiger partial charge in [0.1, 0.15) is 5.69 Å². The summed E-state index contributed by atoms with van der Waals surface area (Å²) >= 11 is 0. The monoisotopic (exact) mass is 330 g/mol. The Bertz CT molecular complexity index is 932. The molecule has 0 aliphatic heterocycles. The smallest absolute Gasteiger partial charge is 0.293 e. The zero-order valence-electron chi connectivity index (χ0n) is 13.2. The summed E-state index contributed by atoms with van der Waals surface area (Å²) in [5.41, 5.74) is 3.63. The lowest BCUT2D eigenvalue weighted by atomic mass is 10.1. The van der Waals surface area contributed by atoms with Crippen LogP contribution in [0.1, 0.15) is 11.1 Å². The van der Waals surface area contributed by atoms with E-state index in [9.17, 15) is 10.1 Å². The minimum atomic E-state index is -0.491. The van der Waals surface area contributed by atoms with Gasteiger partial charge in [-0.05, 0) is 34.9 Å². The van der Waals surface area contributed by atoms with Crippen LogP contribution < -0.4 is 5.32 Å². The summed E-state index contributed by atoms with van der Waals surface area (Å²) in [7, 11) is 0. The van der Waals surface area contributed by atoms with Crippen molar-refractivity contribution in [3.8, 4) is 17.2 Å². The van der Waals surface area contributed by atoms with Crippen molar-refractivity contribution in [1.82, 2.24) is 4.98 Å². The number of hydrogen-bond donors (Lipinski definition) is 1. The van der Waals surface area contributed by atoms with Crippen LogP contribution >= 0.6 is 0 Å². The number of anilines is 1. The van der Waals surface area contributed by atoms with E-state index in [0.717, 1.165) is 16.7 Å². The molecule has 3 rings (SSSR count). The number of nitro groups is 1. The standard InChI is InChI=1S/C19H14N4O2/c20-11-15-5-8-18(19(10-15)23(24)25)22-12-14-3-6-16(7-4-14)17-2-1-9-21-13-17/h1-10,13,22H,12H2. The second kappa shape index (κ2) is 7.23. The molecule has 1 heterocycles. The molecule has 25 heavy (non-hydrogen) atoms. The van der Waals surface area contributed by atoms with Crippen LogP contribution in [0.15, 0.2) is 67.0 Å². The van der Waals surface area contributed by atoms with Crippen molar-refractivity contribution in [3.63, 3.8) is 0 Å². The molecule has 0 aliphatic rings. The maximum Gasteiger partial charge on any atom is 0.293 e. The number of nitriles is 1. The van der Waals surface area contributed by atoms with Crippen LogP contribution in [0.5, 0.6) is 0 Å². The third-order valence-corrected chi connectivity index (χ3v) is 3.76. The second-order valence-corrected chi connectivity index (χ2v) is 5.39. The van der Waals surface area contributed by atoms with E-state index in [2.05, 4.69) is 10.3 Å². The number of benzene rings is 2. The molecule has 3 aromatic rings. The second-order valence-electron chi connectivity index (χ2n) is 5.39. The molecule has 0 radical (unpaired) electrons. The Morgan fingerprint density at radius 1 is 1.12 bits per heavy atom. The summed E-state index contributed by atoms with van der Waals surface area (Å²) in [5, 5.41) is 23.1. The van der Waals surface area contributed by atoms with Crippen molar-refractivity contribution in [3.05, 3.63) is 88.2 Å². The van der Waals surface area contributed by atoms with E-state index in [0.29, 0.717) is 12.2 Å². The lowest BCUT2D eigenvalue weighted by Gasteiger charge is -2.08. The van der Waals surface area contributed by atoms with Crippen molar-refractivity contribution in [2.75, 3.05) is 5.32 Å². The SMILES string of the molecule is N#Cc1ccc(NCc2ccc(-c3cccnc3)cc2)c([N+](=O)[O-])c1. The quantitative estimate of drug-likeness (QED) is 0.560. The Morgan fingerprint density at radius 2 is 1.92 bits per heavy atom. The van der Waals surface area contributed by atoms with Crippen molar-refractivity contribution in [1.29, 1.82) is 5.26 Å². The largest absolute Gasteiger partial charge is 0.375 e. The molecule has 0 saturated heterocycles. The number of rotatable bonds is 5. The zero-order valence-corrected chi connectivity index (χ0v) is 13.2. The minimum Gasteiger partial charge on any atom is -0.375 e. The molecular weight excluding hydrogens is 316 g/mol. The Labute approximate surface area is 144 Å². The number of aromatic nitrogens is 1. The van der Waals surface area contributed by atoms with Crippen LogP contribution in [0.2, 0.25) is 0 Å². The van der Waals surface area contributed by atoms with Crippen LogP contribution in [0.3, 0.4) is 0 Å². The van der Waals surface area contributed by atoms with E-state index in [1.54, 1.807) is 24.5 Å². The van der Waals surface area contributed by atoms with E-state index in [1.807, 2.05) is 42.5 Å². The summed E-state index contributed by atoms with van der Waals surface area (Å²) in [6.07, 6.45) is 3.53. The molecule has 2 aromatic carbocycles. The predicted molar refractivity (Wildman–Crippen MR) is 94.8 cm³/mol. The molecule has 0 aliphatic carbocycles. The van der Waals surface area contributed by atoms with Crippen LogP contribution in [-0.2, 0) is 6.54 Å². The summed E-state index contributed by atoms with van der Waals surface area (Å²) in [4.78, 5) is 14.8. The highest BCUT2D eigenvalue weighted by atomic mass is 16.6. The van der Waals surface area contributed by atoms with Crippen LogP contribution in [0.4, 0.5) is 11.4 Å². The van der Waals surface area contributed by atoms with Crippen LogP contribution in [0.25, 0.3) is 11.1 Å². The van der Waals surface area contributed by atoms with Gasteiger partial charge in [-0.2, -0.15) is 5.26 Å². The summed E-state index contributed by atoms with van der Waals surface area (Å²) in [6.45, 7) is 0.445. The predicted octanol–water partition coefficient (Wildman–Crippen LogP) is 4.14. The van der Waals surface area contributed by atoms with Gasteiger partial charge in [0.25, 0.3) is 5.69 Å². The van der Waals surface area contributed by atoms with E-state index >= 15 is 0 Å². The molecule has 0 saturated carbocycles. The first kappa shape index (κ1) is 16.1. The van der Waals surface area contributed by atoms with Crippen molar-refractivity contribution >= 4 is 11.4 Å². The number of hydrogen-bond acceptors (Lipinski definition) is 5. The first-order valence-corrected chi connectivity index (χ1v) is 7.59. The molecule has 6 heteroatoms. The first-order valence-electron chi connectivity index (χ1n) is 7.59. The highest BCUT2D eigenvalue weighted by molar-refractivity contribution is 5.65. The average molecular weight is 330 g/mol. The summed E-state index contributed by atoms with van der Waals surface area (Å²) < 4.78 is 0. The fourth-order valence-corrected chi connectivity index (χ4v) is 2.45. The third-order valence-electron chi connectivity index (χ3n) is 3.76. The van der Waals surface area contributed by atoms with Gasteiger partial charge in [-0.3, -0.25) is 15.1 Å². The Morgan fingerprint density at radius 3 is 2.56 bits per heavy atom. The topological polar surface area (TPSA) is 91.8 Å². The molecule has 0 atom stereocenters. The van der Waals surface area contributed by atoms with Gasteiger partial charge in [0, 0.05) is 25.0 Å². The Kier molecular flexibility index (Phi) is 4.67. The molecule has 0 bridgehead atoms. The molecule has 1 aromatic heterocycles. The van der Waals surface area contributed by atoms with Gasteiger partial charge < -0.3 is 5.32 Å². The molecule has 0 unspecified atom stereocenters. The van der Waals surface area contributed by atoms with Gasteiger partial charge in [-0.15, -0.1) is 0 Å². The van der Waals surface area contributed by atoms with Gasteiger partial charge in [0.2, 0.25) is 0 Å². The van der Waals surface area contributed by atoms with Crippen molar-refractivity contribution in [2.45, 2.75) is 6.54 Å². The van der Waals surface area contributed by atoms with Gasteiger partial charge in [0.05, 0.1) is 16.6 Å². The molecule has 122 valence electrons. The Hall–Kier alpha value is -3.72. The summed E-state index contributed by atoms with van der Waals surface area (Å²) in [6, 6.07) is 18.1. The minimum absolute atomic E-state index is 0.106. The molecule has 1 N–H and O–H groups in total. The van der Waals surface area contributed by atoms with E-state index in [4.69, 9.17) is 5.26 Å². The molecular formula is C19H14N4O2. The number of nitrogens with zero attached hydrogens (tertiary/aromatic N) is 3. The van der Waals surface area contributed by atoms with E-state index in [-0.39, 0.29) is 11.3 Å². The van der Waals surface area contributed by atoms with Gasteiger partial charge in [-0.25, -0.2) is 0 Å². The van der Waals surface area contributed by atoms with Crippen LogP contribution in [-0.4, -0.2) is 9.91 Å². The molecule has 0 spiro atoms. The first-order chi connectivity index (χ1) is 12.2. The highest BCUT2D eigenvalue weighted by Crippen LogP contribution is 2.26. The molecule has 0 amide bonds. The lowest BCUT2D eigenvalue weighted by molar-refractivity contribution is -0.384. The lowest BCUT2D eigenvalue weighted by Crippen LogP contribution is -2.03. The fraction of sp³-hybridized carbons (Fsp3) is 0.0526. The highest BCUT2D eigenvalue weighted by Gasteiger charge is 2.14. The number of pyridine rings is 1. The molecule has 0 fully saturated rings. The van der Waals surface area contributed by atoms with Crippen molar-refractivity contribution < 1.29 is 4.92 Å². The summed E-state index contributed by atoms with van der Waals surface area (Å²) in [5.74, 6) is 0. The van der Waals surface area contributed by atoms with Crippen molar-refractivity contribution in [2.24, 2.45) is 0 Å². The molecule has 6 nitrogen and oxygen atoms in total. The average Bonchev–Trinajstić information content (AvgIpc) is 2.67. The van der Waals surface area contributed by atoms with Gasteiger partial charge in [-0.1, -0.05) is 30.3 Å². The fourth-order valence-electron chi connectivity index (χ4n) is 2.45. The normalized spacial score (nSPS) is 10.0. The van der Waals surface area contributed by atoms with E-state index < -0.39 is 4.92 Å². The van der Waals surface area contributed by atoms with Crippen LogP contribution in [0, 0.1) is 21.4 Å². The zero-order chi connectivity index (χ0) is 17.6.